The highest BCUT2D eigenvalue weighted by atomic mass is 16.6. The van der Waals surface area contributed by atoms with Crippen LogP contribution in [0.25, 0.3) is 0 Å². The van der Waals surface area contributed by atoms with Crippen molar-refractivity contribution in [2.75, 3.05) is 19.7 Å². The first-order valence-electron chi connectivity index (χ1n) is 8.87. The summed E-state index contributed by atoms with van der Waals surface area (Å²) in [4.78, 5) is 18.6. The number of hydrogen-bond donors (Lipinski definition) is 0. The van der Waals surface area contributed by atoms with Gasteiger partial charge in [-0.1, -0.05) is 12.1 Å². The summed E-state index contributed by atoms with van der Waals surface area (Å²) in [5.74, 6) is 0.215. The molecule has 5 nitrogen and oxygen atoms in total. The van der Waals surface area contributed by atoms with E-state index in [-0.39, 0.29) is 17.6 Å². The lowest BCUT2D eigenvalue weighted by atomic mass is 9.98. The quantitative estimate of drug-likeness (QED) is 0.852. The third-order valence-electron chi connectivity index (χ3n) is 5.30. The van der Waals surface area contributed by atoms with Crippen molar-refractivity contribution in [1.82, 2.24) is 9.88 Å². The Labute approximate surface area is 142 Å². The molecule has 0 bridgehead atoms. The van der Waals surface area contributed by atoms with Gasteiger partial charge in [0.1, 0.15) is 0 Å². The molecule has 4 rings (SSSR count). The van der Waals surface area contributed by atoms with Crippen LogP contribution < -0.4 is 0 Å². The lowest BCUT2D eigenvalue weighted by molar-refractivity contribution is -0.127. The second kappa shape index (κ2) is 6.65. The molecule has 1 aromatic heterocycles. The van der Waals surface area contributed by atoms with Crippen LogP contribution >= 0.6 is 0 Å². The van der Waals surface area contributed by atoms with Crippen LogP contribution in [0.5, 0.6) is 0 Å². The van der Waals surface area contributed by atoms with E-state index in [1.807, 2.05) is 23.2 Å². The number of carbonyl (C=O) groups is 1. The minimum absolute atomic E-state index is 0.103. The van der Waals surface area contributed by atoms with E-state index in [1.165, 1.54) is 0 Å². The van der Waals surface area contributed by atoms with E-state index in [1.54, 1.807) is 6.20 Å². The number of ether oxygens (including phenoxy) is 2. The number of likely N-dealkylation sites (tertiary alicyclic amines) is 1. The topological polar surface area (TPSA) is 51.7 Å². The maximum absolute atomic E-state index is 12.5. The number of allylic oxidation sites excluding steroid dienone is 1. The maximum Gasteiger partial charge on any atom is 0.249 e. The summed E-state index contributed by atoms with van der Waals surface area (Å²) < 4.78 is 12.1. The van der Waals surface area contributed by atoms with Crippen molar-refractivity contribution in [1.29, 1.82) is 0 Å². The fourth-order valence-electron chi connectivity index (χ4n) is 3.98. The molecule has 2 fully saturated rings. The third-order valence-corrected chi connectivity index (χ3v) is 5.30. The second-order valence-corrected chi connectivity index (χ2v) is 7.09. The second-order valence-electron chi connectivity index (χ2n) is 7.09. The minimum atomic E-state index is -0.200. The Bertz CT molecular complexity index is 631. The van der Waals surface area contributed by atoms with E-state index >= 15 is 0 Å². The van der Waals surface area contributed by atoms with Gasteiger partial charge in [0.2, 0.25) is 5.91 Å². The van der Waals surface area contributed by atoms with Gasteiger partial charge in [0.25, 0.3) is 0 Å². The zero-order chi connectivity index (χ0) is 16.4. The van der Waals surface area contributed by atoms with Gasteiger partial charge in [0.05, 0.1) is 31.5 Å². The fraction of sp³-hybridized carbons (Fsp3) is 0.579. The van der Waals surface area contributed by atoms with Crippen LogP contribution in [0.15, 0.2) is 36.2 Å². The molecule has 3 aliphatic rings. The lowest BCUT2D eigenvalue weighted by Crippen LogP contribution is -2.36. The average molecular weight is 328 g/mol. The van der Waals surface area contributed by atoms with Gasteiger partial charge in [-0.15, -0.1) is 0 Å². The largest absolute Gasteiger partial charge is 0.371 e. The van der Waals surface area contributed by atoms with Crippen molar-refractivity contribution in [2.45, 2.75) is 50.4 Å². The Hall–Kier alpha value is -1.72. The van der Waals surface area contributed by atoms with Crippen LogP contribution in [0.3, 0.4) is 0 Å². The van der Waals surface area contributed by atoms with Crippen LogP contribution in [-0.4, -0.2) is 47.2 Å². The molecule has 5 heteroatoms. The van der Waals surface area contributed by atoms with E-state index in [2.05, 4.69) is 11.1 Å². The Morgan fingerprint density at radius 2 is 2.46 bits per heavy atom. The van der Waals surface area contributed by atoms with Crippen molar-refractivity contribution < 1.29 is 14.3 Å². The molecule has 1 spiro atoms. The van der Waals surface area contributed by atoms with Crippen molar-refractivity contribution in [3.63, 3.8) is 0 Å². The van der Waals surface area contributed by atoms with E-state index in [9.17, 15) is 4.79 Å². The van der Waals surface area contributed by atoms with Crippen LogP contribution in [0.4, 0.5) is 0 Å². The number of carbonyl (C=O) groups excluding carboxylic acids is 1. The highest BCUT2D eigenvalue weighted by Gasteiger charge is 2.47. The minimum Gasteiger partial charge on any atom is -0.371 e. The number of pyridine rings is 1. The van der Waals surface area contributed by atoms with Crippen molar-refractivity contribution in [2.24, 2.45) is 0 Å². The van der Waals surface area contributed by atoms with Gasteiger partial charge in [-0.25, -0.2) is 0 Å². The average Bonchev–Trinajstić information content (AvgIpc) is 3.36. The smallest absolute Gasteiger partial charge is 0.249 e. The number of nitrogens with zero attached hydrogens (tertiary/aromatic N) is 2. The predicted octanol–water partition coefficient (Wildman–Crippen LogP) is 2.47. The third kappa shape index (κ3) is 3.23. The molecular weight excluding hydrogens is 304 g/mol. The van der Waals surface area contributed by atoms with Gasteiger partial charge in [0.15, 0.2) is 0 Å². The van der Waals surface area contributed by atoms with Crippen molar-refractivity contribution in [3.05, 3.63) is 41.7 Å². The van der Waals surface area contributed by atoms with Gasteiger partial charge < -0.3 is 14.4 Å². The highest BCUT2D eigenvalue weighted by Crippen LogP contribution is 2.37. The summed E-state index contributed by atoms with van der Waals surface area (Å²) >= 11 is 0. The van der Waals surface area contributed by atoms with E-state index in [0.717, 1.165) is 49.8 Å². The first-order valence-corrected chi connectivity index (χ1v) is 8.87. The molecule has 128 valence electrons. The molecule has 0 radical (unpaired) electrons. The van der Waals surface area contributed by atoms with Gasteiger partial charge in [-0.2, -0.15) is 0 Å². The first kappa shape index (κ1) is 15.8. The molecule has 2 saturated heterocycles. The zero-order valence-corrected chi connectivity index (χ0v) is 13.9. The number of hydrogen-bond acceptors (Lipinski definition) is 4. The molecule has 0 aromatic carbocycles. The van der Waals surface area contributed by atoms with Gasteiger partial charge in [0, 0.05) is 30.9 Å². The molecule has 1 amide bonds. The van der Waals surface area contributed by atoms with Crippen LogP contribution in [0.1, 0.15) is 37.7 Å². The normalized spacial score (nSPS) is 29.4. The molecule has 0 saturated carbocycles. The molecule has 0 unspecified atom stereocenters. The number of aromatic nitrogens is 1. The molecule has 3 heterocycles. The summed E-state index contributed by atoms with van der Waals surface area (Å²) in [7, 11) is 0. The summed E-state index contributed by atoms with van der Waals surface area (Å²) in [6, 6.07) is 3.94. The number of amides is 1. The monoisotopic (exact) mass is 328 g/mol. The van der Waals surface area contributed by atoms with Crippen LogP contribution in [0.2, 0.25) is 0 Å². The molecule has 1 aromatic rings. The lowest BCUT2D eigenvalue weighted by Gasteiger charge is -2.23. The Morgan fingerprint density at radius 1 is 1.50 bits per heavy atom. The number of rotatable bonds is 4. The predicted molar refractivity (Wildman–Crippen MR) is 89.2 cm³/mol. The van der Waals surface area contributed by atoms with Crippen LogP contribution in [0, 0.1) is 0 Å². The Kier molecular flexibility index (Phi) is 4.37. The standard InChI is InChI=1S/C19H24N2O3/c22-18(16-5-1-2-6-16)21-9-7-19(14-21)10-17(13-24-19)23-12-15-4-3-8-20-11-15/h3-5,8,11,17H,1-2,6-7,9-10,12-14H2/t17-,19+/m1/s1. The summed E-state index contributed by atoms with van der Waals surface area (Å²) in [5.41, 5.74) is 1.87. The summed E-state index contributed by atoms with van der Waals surface area (Å²) in [6.07, 6.45) is 10.7. The molecule has 1 aliphatic carbocycles. The van der Waals surface area contributed by atoms with E-state index < -0.39 is 0 Å². The zero-order valence-electron chi connectivity index (χ0n) is 13.9. The maximum atomic E-state index is 12.5. The fourth-order valence-corrected chi connectivity index (χ4v) is 3.98. The Balaban J connectivity index is 1.30. The highest BCUT2D eigenvalue weighted by molar-refractivity contribution is 5.94. The molecule has 24 heavy (non-hydrogen) atoms. The summed E-state index contributed by atoms with van der Waals surface area (Å²) in [5, 5.41) is 0. The molecular formula is C19H24N2O3. The van der Waals surface area contributed by atoms with E-state index in [0.29, 0.717) is 19.8 Å². The van der Waals surface area contributed by atoms with Gasteiger partial charge in [-0.05, 0) is 37.3 Å². The molecule has 2 aliphatic heterocycles. The first-order chi connectivity index (χ1) is 11.7. The summed E-state index contributed by atoms with van der Waals surface area (Å²) in [6.45, 7) is 2.68. The molecule has 0 N–H and O–H groups in total. The van der Waals surface area contributed by atoms with Crippen molar-refractivity contribution in [3.8, 4) is 0 Å². The van der Waals surface area contributed by atoms with Crippen LogP contribution in [-0.2, 0) is 20.9 Å². The molecule has 2 atom stereocenters. The SMILES string of the molecule is O=C(C1=CCCC1)N1CC[C@]2(C[C@@H](OCc3cccnc3)CO2)C1. The Morgan fingerprint density at radius 3 is 3.25 bits per heavy atom. The van der Waals surface area contributed by atoms with Gasteiger partial charge in [-0.3, -0.25) is 9.78 Å². The van der Waals surface area contributed by atoms with E-state index in [4.69, 9.17) is 9.47 Å². The van der Waals surface area contributed by atoms with Gasteiger partial charge >= 0.3 is 0 Å². The van der Waals surface area contributed by atoms with Crippen molar-refractivity contribution >= 4 is 5.91 Å².